The van der Waals surface area contributed by atoms with Gasteiger partial charge in [-0.05, 0) is 50.2 Å². The number of hydrogen-bond donors (Lipinski definition) is 0. The summed E-state index contributed by atoms with van der Waals surface area (Å²) in [6.45, 7) is 4.45. The van der Waals surface area contributed by atoms with E-state index in [0.717, 1.165) is 17.0 Å². The van der Waals surface area contributed by atoms with Crippen molar-refractivity contribution in [3.05, 3.63) is 54.1 Å². The topological polar surface area (TPSA) is 66.9 Å². The maximum Gasteiger partial charge on any atom is 0.329 e. The molecular weight excluding hydrogens is 364 g/mol. The second-order valence-electron chi connectivity index (χ2n) is 7.00. The maximum absolute atomic E-state index is 13.3. The van der Waals surface area contributed by atoms with Crippen molar-refractivity contribution in [2.75, 3.05) is 27.9 Å². The lowest BCUT2D eigenvalue weighted by atomic mass is 10.1. The van der Waals surface area contributed by atoms with E-state index in [4.69, 9.17) is 4.74 Å². The molecule has 2 aromatic carbocycles. The Morgan fingerprint density at radius 3 is 1.89 bits per heavy atom. The van der Waals surface area contributed by atoms with E-state index < -0.39 is 9.84 Å². The minimum absolute atomic E-state index is 0.00911. The SMILES string of the molecule is CCOc1ccc(N2C(=O)N(c3ccc(C)cc3)C3CS(=O)(=O)CC32)cc1. The van der Waals surface area contributed by atoms with Crippen LogP contribution >= 0.6 is 0 Å². The molecule has 2 aliphatic rings. The van der Waals surface area contributed by atoms with Crippen molar-refractivity contribution in [3.63, 3.8) is 0 Å². The first-order valence-electron chi connectivity index (χ1n) is 9.02. The Balaban J connectivity index is 1.73. The normalized spacial score (nSPS) is 23.6. The van der Waals surface area contributed by atoms with Gasteiger partial charge in [0.15, 0.2) is 9.84 Å². The molecule has 0 N–H and O–H groups in total. The van der Waals surface area contributed by atoms with Crippen LogP contribution in [0.2, 0.25) is 0 Å². The van der Waals surface area contributed by atoms with Gasteiger partial charge in [-0.3, -0.25) is 9.80 Å². The highest BCUT2D eigenvalue weighted by atomic mass is 32.2. The van der Waals surface area contributed by atoms with Crippen molar-refractivity contribution >= 4 is 27.2 Å². The number of aryl methyl sites for hydroxylation is 1. The van der Waals surface area contributed by atoms with E-state index in [1.54, 1.807) is 21.9 Å². The van der Waals surface area contributed by atoms with Crippen molar-refractivity contribution in [3.8, 4) is 5.75 Å². The van der Waals surface area contributed by atoms with Gasteiger partial charge < -0.3 is 4.74 Å². The summed E-state index contributed by atoms with van der Waals surface area (Å²) in [6.07, 6.45) is 0. The van der Waals surface area contributed by atoms with Crippen LogP contribution in [0.15, 0.2) is 48.5 Å². The van der Waals surface area contributed by atoms with E-state index in [-0.39, 0.29) is 29.6 Å². The zero-order valence-electron chi connectivity index (χ0n) is 15.3. The van der Waals surface area contributed by atoms with Crippen LogP contribution in [0.4, 0.5) is 16.2 Å². The summed E-state index contributed by atoms with van der Waals surface area (Å²) in [5, 5.41) is 0. The summed E-state index contributed by atoms with van der Waals surface area (Å²) in [5.74, 6) is 0.697. The Kier molecular flexibility index (Phi) is 4.34. The van der Waals surface area contributed by atoms with E-state index in [9.17, 15) is 13.2 Å². The van der Waals surface area contributed by atoms with Crippen LogP contribution in [-0.2, 0) is 9.84 Å². The van der Waals surface area contributed by atoms with E-state index in [0.29, 0.717) is 12.3 Å². The Morgan fingerprint density at radius 1 is 0.926 bits per heavy atom. The molecule has 2 fully saturated rings. The number of ether oxygens (including phenoxy) is 1. The van der Waals surface area contributed by atoms with Gasteiger partial charge in [-0.2, -0.15) is 0 Å². The van der Waals surface area contributed by atoms with Crippen LogP contribution < -0.4 is 14.5 Å². The number of urea groups is 1. The molecular formula is C20H22N2O4S. The summed E-state index contributed by atoms with van der Waals surface area (Å²) in [5.41, 5.74) is 2.50. The second kappa shape index (κ2) is 6.56. The van der Waals surface area contributed by atoms with Gasteiger partial charge in [0.2, 0.25) is 0 Å². The molecule has 2 unspecified atom stereocenters. The van der Waals surface area contributed by atoms with Gasteiger partial charge in [-0.1, -0.05) is 17.7 Å². The van der Waals surface area contributed by atoms with Crippen LogP contribution in [0.1, 0.15) is 12.5 Å². The first kappa shape index (κ1) is 17.9. The third-order valence-corrected chi connectivity index (χ3v) is 6.81. The van der Waals surface area contributed by atoms with Gasteiger partial charge in [0, 0.05) is 11.4 Å². The van der Waals surface area contributed by atoms with Crippen LogP contribution in [0.5, 0.6) is 5.75 Å². The molecule has 6 nitrogen and oxygen atoms in total. The lowest BCUT2D eigenvalue weighted by molar-refractivity contribution is 0.255. The lowest BCUT2D eigenvalue weighted by Crippen LogP contribution is -2.37. The molecule has 7 heteroatoms. The van der Waals surface area contributed by atoms with Crippen LogP contribution in [0.3, 0.4) is 0 Å². The van der Waals surface area contributed by atoms with Crippen molar-refractivity contribution in [2.24, 2.45) is 0 Å². The first-order chi connectivity index (χ1) is 12.9. The van der Waals surface area contributed by atoms with E-state index in [1.807, 2.05) is 50.2 Å². The fourth-order valence-corrected chi connectivity index (χ4v) is 5.80. The number of sulfone groups is 1. The minimum Gasteiger partial charge on any atom is -0.494 e. The van der Waals surface area contributed by atoms with Gasteiger partial charge in [0.25, 0.3) is 0 Å². The quantitative estimate of drug-likeness (QED) is 0.758. The predicted molar refractivity (Wildman–Crippen MR) is 105 cm³/mol. The summed E-state index contributed by atoms with van der Waals surface area (Å²) in [7, 11) is -3.20. The van der Waals surface area contributed by atoms with Crippen LogP contribution in [0, 0.1) is 6.92 Å². The van der Waals surface area contributed by atoms with Crippen LogP contribution in [-0.4, -0.2) is 44.6 Å². The fourth-order valence-electron chi connectivity index (χ4n) is 3.88. The Bertz CT molecular complexity index is 954. The van der Waals surface area contributed by atoms with Gasteiger partial charge >= 0.3 is 6.03 Å². The monoisotopic (exact) mass is 386 g/mol. The highest BCUT2D eigenvalue weighted by Gasteiger charge is 2.54. The maximum atomic E-state index is 13.3. The molecule has 2 heterocycles. The third-order valence-electron chi connectivity index (χ3n) is 5.11. The minimum atomic E-state index is -3.20. The molecule has 2 atom stereocenters. The average Bonchev–Trinajstić information content (AvgIpc) is 3.06. The number of hydrogen-bond acceptors (Lipinski definition) is 4. The Hall–Kier alpha value is -2.54. The molecule has 2 aliphatic heterocycles. The van der Waals surface area contributed by atoms with Crippen molar-refractivity contribution < 1.29 is 17.9 Å². The van der Waals surface area contributed by atoms with Gasteiger partial charge in [-0.25, -0.2) is 13.2 Å². The molecule has 2 amide bonds. The molecule has 0 aromatic heterocycles. The average molecular weight is 386 g/mol. The van der Waals surface area contributed by atoms with Gasteiger partial charge in [0.05, 0.1) is 30.2 Å². The molecule has 27 heavy (non-hydrogen) atoms. The molecule has 0 aliphatic carbocycles. The summed E-state index contributed by atoms with van der Waals surface area (Å²) in [4.78, 5) is 16.5. The van der Waals surface area contributed by atoms with Gasteiger partial charge in [0.1, 0.15) is 5.75 Å². The zero-order chi connectivity index (χ0) is 19.2. The predicted octanol–water partition coefficient (Wildman–Crippen LogP) is 3.01. The molecule has 0 saturated carbocycles. The summed E-state index contributed by atoms with van der Waals surface area (Å²) < 4.78 is 30.1. The molecule has 2 saturated heterocycles. The standard InChI is InChI=1S/C20H22N2O4S/c1-3-26-17-10-8-16(9-11-17)22-19-13-27(24,25)12-18(19)21(20(22)23)15-6-4-14(2)5-7-15/h4-11,18-19H,3,12-13H2,1-2H3. The highest BCUT2D eigenvalue weighted by molar-refractivity contribution is 7.91. The fraction of sp³-hybridized carbons (Fsp3) is 0.350. The largest absolute Gasteiger partial charge is 0.494 e. The van der Waals surface area contributed by atoms with E-state index >= 15 is 0 Å². The van der Waals surface area contributed by atoms with E-state index in [2.05, 4.69) is 0 Å². The number of benzene rings is 2. The second-order valence-corrected chi connectivity index (χ2v) is 9.15. The Labute approximate surface area is 159 Å². The Morgan fingerprint density at radius 2 is 1.41 bits per heavy atom. The van der Waals surface area contributed by atoms with Crippen molar-refractivity contribution in [2.45, 2.75) is 25.9 Å². The van der Waals surface area contributed by atoms with E-state index in [1.165, 1.54) is 0 Å². The summed E-state index contributed by atoms with van der Waals surface area (Å²) in [6, 6.07) is 13.9. The molecule has 0 bridgehead atoms. The molecule has 4 rings (SSSR count). The smallest absolute Gasteiger partial charge is 0.329 e. The van der Waals surface area contributed by atoms with Crippen LogP contribution in [0.25, 0.3) is 0 Å². The van der Waals surface area contributed by atoms with Crippen molar-refractivity contribution in [1.82, 2.24) is 0 Å². The molecule has 142 valence electrons. The summed E-state index contributed by atoms with van der Waals surface area (Å²) >= 11 is 0. The van der Waals surface area contributed by atoms with Crippen molar-refractivity contribution in [1.29, 1.82) is 0 Å². The number of nitrogens with zero attached hydrogens (tertiary/aromatic N) is 2. The number of carbonyl (C=O) groups excluding carboxylic acids is 1. The molecule has 0 radical (unpaired) electrons. The highest BCUT2D eigenvalue weighted by Crippen LogP contribution is 2.38. The number of carbonyl (C=O) groups is 1. The number of anilines is 2. The lowest BCUT2D eigenvalue weighted by Gasteiger charge is -2.23. The zero-order valence-corrected chi connectivity index (χ0v) is 16.1. The first-order valence-corrected chi connectivity index (χ1v) is 10.8. The molecule has 0 spiro atoms. The third kappa shape index (κ3) is 3.16. The molecule has 2 aromatic rings. The number of amides is 2. The number of fused-ring (bicyclic) bond motifs is 1. The number of rotatable bonds is 4. The van der Waals surface area contributed by atoms with Gasteiger partial charge in [-0.15, -0.1) is 0 Å².